The highest BCUT2D eigenvalue weighted by atomic mass is 35.5. The van der Waals surface area contributed by atoms with Gasteiger partial charge in [-0.05, 0) is 56.4 Å². The van der Waals surface area contributed by atoms with Gasteiger partial charge in [-0.3, -0.25) is 0 Å². The lowest BCUT2D eigenvalue weighted by atomic mass is 9.98. The molecule has 0 amide bonds. The fraction of sp³-hybridized carbons (Fsp3) is 0.625. The van der Waals surface area contributed by atoms with Gasteiger partial charge in [0, 0.05) is 12.7 Å². The highest BCUT2D eigenvalue weighted by molar-refractivity contribution is 6.31. The lowest BCUT2D eigenvalue weighted by molar-refractivity contribution is 0.347. The van der Waals surface area contributed by atoms with E-state index in [0.29, 0.717) is 5.02 Å². The minimum atomic E-state index is -0.114. The van der Waals surface area contributed by atoms with Crippen LogP contribution in [0.2, 0.25) is 5.02 Å². The number of hydrogen-bond acceptors (Lipinski definition) is 2. The number of hydrogen-bond donors (Lipinski definition) is 0. The number of imidazole rings is 1. The summed E-state index contributed by atoms with van der Waals surface area (Å²) >= 11 is 12.4. The third-order valence-electron chi connectivity index (χ3n) is 4.79. The zero-order valence-corrected chi connectivity index (χ0v) is 13.6. The first-order valence-corrected chi connectivity index (χ1v) is 8.60. The van der Waals surface area contributed by atoms with Crippen molar-refractivity contribution in [2.24, 2.45) is 17.8 Å². The molecular formula is C16H19Cl2N3. The second kappa shape index (κ2) is 5.13. The summed E-state index contributed by atoms with van der Waals surface area (Å²) in [6, 6.07) is 1.88. The smallest absolute Gasteiger partial charge is 0.160 e. The average molecular weight is 324 g/mol. The molecule has 2 aromatic rings. The molecule has 0 saturated heterocycles. The molecule has 0 aromatic carbocycles. The molecule has 4 rings (SSSR count). The molecule has 0 bridgehead atoms. The Bertz CT molecular complexity index is 659. The zero-order valence-electron chi connectivity index (χ0n) is 12.1. The van der Waals surface area contributed by atoms with Crippen LogP contribution < -0.4 is 0 Å². The molecule has 2 heterocycles. The molecule has 3 nitrogen and oxygen atoms in total. The van der Waals surface area contributed by atoms with Crippen molar-refractivity contribution in [2.45, 2.75) is 44.5 Å². The predicted octanol–water partition coefficient (Wildman–Crippen LogP) is 4.82. The number of rotatable bonds is 5. The minimum absolute atomic E-state index is 0.114. The minimum Gasteiger partial charge on any atom is -0.311 e. The summed E-state index contributed by atoms with van der Waals surface area (Å²) in [6.07, 6.45) is 7.25. The maximum Gasteiger partial charge on any atom is 0.160 e. The molecule has 2 aliphatic carbocycles. The lowest BCUT2D eigenvalue weighted by Crippen LogP contribution is -2.17. The van der Waals surface area contributed by atoms with Gasteiger partial charge in [-0.15, -0.1) is 11.6 Å². The van der Waals surface area contributed by atoms with Crippen LogP contribution in [-0.4, -0.2) is 14.5 Å². The molecule has 1 unspecified atom stereocenters. The van der Waals surface area contributed by atoms with Gasteiger partial charge in [-0.25, -0.2) is 9.97 Å². The van der Waals surface area contributed by atoms with Gasteiger partial charge in [0.2, 0.25) is 0 Å². The summed E-state index contributed by atoms with van der Waals surface area (Å²) in [6.45, 7) is 2.98. The van der Waals surface area contributed by atoms with E-state index in [-0.39, 0.29) is 5.38 Å². The van der Waals surface area contributed by atoms with E-state index in [1.807, 2.05) is 13.0 Å². The Morgan fingerprint density at radius 2 is 1.95 bits per heavy atom. The van der Waals surface area contributed by atoms with Gasteiger partial charge >= 0.3 is 0 Å². The fourth-order valence-corrected chi connectivity index (χ4v) is 3.75. The number of aromatic nitrogens is 3. The van der Waals surface area contributed by atoms with Crippen LogP contribution in [0.15, 0.2) is 12.3 Å². The van der Waals surface area contributed by atoms with Crippen LogP contribution in [0, 0.1) is 17.8 Å². The van der Waals surface area contributed by atoms with Crippen molar-refractivity contribution in [3.63, 3.8) is 0 Å². The SMILES string of the molecule is CC(Cl)c1nc2cc(Cl)cnc2n1CC(C1CC1)C1CC1. The van der Waals surface area contributed by atoms with Gasteiger partial charge < -0.3 is 4.57 Å². The first-order valence-electron chi connectivity index (χ1n) is 7.79. The largest absolute Gasteiger partial charge is 0.311 e. The summed E-state index contributed by atoms with van der Waals surface area (Å²) in [7, 11) is 0. The number of nitrogens with zero attached hydrogens (tertiary/aromatic N) is 3. The first kappa shape index (κ1) is 13.8. The molecule has 5 heteroatoms. The van der Waals surface area contributed by atoms with Gasteiger partial charge in [0.1, 0.15) is 11.3 Å². The van der Waals surface area contributed by atoms with Crippen LogP contribution in [0.4, 0.5) is 0 Å². The summed E-state index contributed by atoms with van der Waals surface area (Å²) in [5, 5.41) is 0.513. The fourth-order valence-electron chi connectivity index (χ4n) is 3.43. The Morgan fingerprint density at radius 1 is 1.29 bits per heavy atom. The van der Waals surface area contributed by atoms with E-state index in [4.69, 9.17) is 23.2 Å². The first-order chi connectivity index (χ1) is 10.1. The van der Waals surface area contributed by atoms with Crippen molar-refractivity contribution in [1.82, 2.24) is 14.5 Å². The Kier molecular flexibility index (Phi) is 3.38. The van der Waals surface area contributed by atoms with E-state index < -0.39 is 0 Å². The van der Waals surface area contributed by atoms with Crippen LogP contribution in [0.3, 0.4) is 0 Å². The van der Waals surface area contributed by atoms with E-state index in [1.54, 1.807) is 6.20 Å². The number of fused-ring (bicyclic) bond motifs is 1. The Hall–Kier alpha value is -0.800. The van der Waals surface area contributed by atoms with Crippen LogP contribution in [-0.2, 0) is 6.54 Å². The average Bonchev–Trinajstić information content (AvgIpc) is 3.33. The molecule has 2 fully saturated rings. The zero-order chi connectivity index (χ0) is 14.6. The molecule has 0 aliphatic heterocycles. The second-order valence-electron chi connectivity index (χ2n) is 6.53. The van der Waals surface area contributed by atoms with Crippen LogP contribution >= 0.6 is 23.2 Å². The third kappa shape index (κ3) is 2.66. The quantitative estimate of drug-likeness (QED) is 0.738. The van der Waals surface area contributed by atoms with Crippen molar-refractivity contribution >= 4 is 34.4 Å². The summed E-state index contributed by atoms with van der Waals surface area (Å²) in [5.41, 5.74) is 1.78. The van der Waals surface area contributed by atoms with Gasteiger partial charge in [-0.1, -0.05) is 11.6 Å². The van der Waals surface area contributed by atoms with Crippen molar-refractivity contribution in [3.05, 3.63) is 23.1 Å². The number of pyridine rings is 1. The predicted molar refractivity (Wildman–Crippen MR) is 85.7 cm³/mol. The Labute approximate surface area is 134 Å². The van der Waals surface area contributed by atoms with Gasteiger partial charge in [0.15, 0.2) is 5.65 Å². The van der Waals surface area contributed by atoms with E-state index in [2.05, 4.69) is 14.5 Å². The van der Waals surface area contributed by atoms with E-state index in [0.717, 1.165) is 41.3 Å². The molecule has 21 heavy (non-hydrogen) atoms. The normalized spacial score (nSPS) is 20.4. The summed E-state index contributed by atoms with van der Waals surface area (Å²) in [4.78, 5) is 9.18. The van der Waals surface area contributed by atoms with E-state index in [9.17, 15) is 0 Å². The molecule has 2 aliphatic rings. The molecule has 1 atom stereocenters. The third-order valence-corrected chi connectivity index (χ3v) is 5.19. The van der Waals surface area contributed by atoms with Crippen molar-refractivity contribution < 1.29 is 0 Å². The van der Waals surface area contributed by atoms with Crippen LogP contribution in [0.1, 0.15) is 43.8 Å². The molecule has 112 valence electrons. The standard InChI is InChI=1S/C16H19Cl2N3/c1-9(17)15-20-14-6-12(18)7-19-16(14)21(15)8-13(10-2-3-10)11-4-5-11/h6-7,9-11,13H,2-5,8H2,1H3. The maximum atomic E-state index is 6.35. The van der Waals surface area contributed by atoms with Crippen molar-refractivity contribution in [2.75, 3.05) is 0 Å². The molecule has 0 radical (unpaired) electrons. The topological polar surface area (TPSA) is 30.7 Å². The Balaban J connectivity index is 1.75. The molecular weight excluding hydrogens is 305 g/mol. The molecule has 2 saturated carbocycles. The van der Waals surface area contributed by atoms with Crippen LogP contribution in [0.25, 0.3) is 11.2 Å². The molecule has 0 spiro atoms. The molecule has 2 aromatic heterocycles. The molecule has 0 N–H and O–H groups in total. The van der Waals surface area contributed by atoms with E-state index >= 15 is 0 Å². The van der Waals surface area contributed by atoms with Gasteiger partial charge in [-0.2, -0.15) is 0 Å². The van der Waals surface area contributed by atoms with Gasteiger partial charge in [0.25, 0.3) is 0 Å². The number of alkyl halides is 1. The highest BCUT2D eigenvalue weighted by Crippen LogP contribution is 2.50. The van der Waals surface area contributed by atoms with Crippen molar-refractivity contribution in [1.29, 1.82) is 0 Å². The van der Waals surface area contributed by atoms with Crippen LogP contribution in [0.5, 0.6) is 0 Å². The summed E-state index contributed by atoms with van der Waals surface area (Å²) < 4.78 is 2.24. The second-order valence-corrected chi connectivity index (χ2v) is 7.62. The highest BCUT2D eigenvalue weighted by Gasteiger charge is 2.42. The monoisotopic (exact) mass is 323 g/mol. The van der Waals surface area contributed by atoms with Crippen molar-refractivity contribution in [3.8, 4) is 0 Å². The lowest BCUT2D eigenvalue weighted by Gasteiger charge is -2.19. The number of halogens is 2. The maximum absolute atomic E-state index is 6.35. The van der Waals surface area contributed by atoms with E-state index in [1.165, 1.54) is 25.7 Å². The summed E-state index contributed by atoms with van der Waals surface area (Å²) in [5.74, 6) is 3.50. The Morgan fingerprint density at radius 3 is 2.52 bits per heavy atom. The van der Waals surface area contributed by atoms with Gasteiger partial charge in [0.05, 0.1) is 10.4 Å².